The van der Waals surface area contributed by atoms with Gasteiger partial charge in [-0.15, -0.1) is 0 Å². The maximum absolute atomic E-state index is 4.61. The van der Waals surface area contributed by atoms with Crippen LogP contribution < -0.4 is 10.2 Å². The Morgan fingerprint density at radius 3 is 3.00 bits per heavy atom. The molecule has 1 aliphatic heterocycles. The van der Waals surface area contributed by atoms with Gasteiger partial charge in [-0.3, -0.25) is 0 Å². The van der Waals surface area contributed by atoms with Crippen LogP contribution in [0, 0.1) is 5.92 Å². The molecule has 0 spiro atoms. The highest BCUT2D eigenvalue weighted by Crippen LogP contribution is 2.27. The van der Waals surface area contributed by atoms with Crippen molar-refractivity contribution in [3.63, 3.8) is 0 Å². The van der Waals surface area contributed by atoms with E-state index in [2.05, 4.69) is 27.1 Å². The fraction of sp³-hybridized carbons (Fsp3) is 0.692. The average molecular weight is 266 g/mol. The van der Waals surface area contributed by atoms with Crippen LogP contribution in [0.15, 0.2) is 11.2 Å². The summed E-state index contributed by atoms with van der Waals surface area (Å²) >= 11 is 1.59. The predicted molar refractivity (Wildman–Crippen MR) is 78.6 cm³/mol. The second-order valence-corrected chi connectivity index (χ2v) is 5.51. The van der Waals surface area contributed by atoms with Gasteiger partial charge in [-0.2, -0.15) is 0 Å². The molecule has 0 radical (unpaired) electrons. The number of hydrogen-bond acceptors (Lipinski definition) is 5. The summed E-state index contributed by atoms with van der Waals surface area (Å²) in [5.74, 6) is 2.81. The molecule has 1 fully saturated rings. The molecule has 1 aromatic rings. The smallest absolute Gasteiger partial charge is 0.191 e. The fourth-order valence-corrected chi connectivity index (χ4v) is 2.85. The molecule has 5 heteroatoms. The highest BCUT2D eigenvalue weighted by atomic mass is 32.2. The number of nitrogens with one attached hydrogen (secondary N) is 1. The van der Waals surface area contributed by atoms with Crippen molar-refractivity contribution in [3.05, 3.63) is 6.07 Å². The zero-order valence-electron chi connectivity index (χ0n) is 11.4. The van der Waals surface area contributed by atoms with Crippen LogP contribution >= 0.6 is 11.8 Å². The third kappa shape index (κ3) is 3.07. The van der Waals surface area contributed by atoms with Crippen LogP contribution in [0.1, 0.15) is 26.2 Å². The molecule has 1 aliphatic rings. The standard InChI is InChI=1S/C13H22N4S/c1-4-5-10-6-7-17(9-10)12-8-11(14-2)15-13(16-12)18-3/h8,10H,4-7,9H2,1-3H3,(H,14,15,16). The van der Waals surface area contributed by atoms with E-state index >= 15 is 0 Å². The molecule has 0 aliphatic carbocycles. The molecule has 1 unspecified atom stereocenters. The van der Waals surface area contributed by atoms with Crippen molar-refractivity contribution in [3.8, 4) is 0 Å². The lowest BCUT2D eigenvalue weighted by Gasteiger charge is -2.18. The number of thioether (sulfide) groups is 1. The minimum Gasteiger partial charge on any atom is -0.373 e. The van der Waals surface area contributed by atoms with E-state index < -0.39 is 0 Å². The molecule has 0 aromatic carbocycles. The van der Waals surface area contributed by atoms with Crippen molar-refractivity contribution >= 4 is 23.4 Å². The van der Waals surface area contributed by atoms with Gasteiger partial charge in [0, 0.05) is 26.2 Å². The lowest BCUT2D eigenvalue weighted by molar-refractivity contribution is 0.529. The minimum absolute atomic E-state index is 0.834. The van der Waals surface area contributed by atoms with Gasteiger partial charge in [-0.05, 0) is 25.0 Å². The topological polar surface area (TPSA) is 41.0 Å². The van der Waals surface area contributed by atoms with Crippen molar-refractivity contribution in [2.24, 2.45) is 5.92 Å². The van der Waals surface area contributed by atoms with Crippen LogP contribution in [-0.4, -0.2) is 36.4 Å². The second-order valence-electron chi connectivity index (χ2n) is 4.74. The van der Waals surface area contributed by atoms with Crippen LogP contribution in [0.2, 0.25) is 0 Å². The van der Waals surface area contributed by atoms with Crippen molar-refractivity contribution < 1.29 is 0 Å². The van der Waals surface area contributed by atoms with E-state index in [9.17, 15) is 0 Å². The Labute approximate surface area is 114 Å². The van der Waals surface area contributed by atoms with Crippen molar-refractivity contribution in [2.45, 2.75) is 31.3 Å². The Kier molecular flexibility index (Phi) is 4.69. The van der Waals surface area contributed by atoms with Gasteiger partial charge in [0.1, 0.15) is 11.6 Å². The first-order valence-electron chi connectivity index (χ1n) is 6.62. The average Bonchev–Trinajstić information content (AvgIpc) is 2.87. The van der Waals surface area contributed by atoms with Gasteiger partial charge in [0.15, 0.2) is 5.16 Å². The number of anilines is 2. The van der Waals surface area contributed by atoms with E-state index in [4.69, 9.17) is 0 Å². The Morgan fingerprint density at radius 1 is 1.50 bits per heavy atom. The van der Waals surface area contributed by atoms with E-state index in [0.29, 0.717) is 0 Å². The quantitative estimate of drug-likeness (QED) is 0.655. The normalized spacial score (nSPS) is 19.3. The predicted octanol–water partition coefficient (Wildman–Crippen LogP) is 2.87. The molecule has 1 atom stereocenters. The van der Waals surface area contributed by atoms with E-state index in [-0.39, 0.29) is 0 Å². The lowest BCUT2D eigenvalue weighted by atomic mass is 10.0. The zero-order chi connectivity index (χ0) is 13.0. The van der Waals surface area contributed by atoms with Gasteiger partial charge in [-0.1, -0.05) is 25.1 Å². The molecule has 0 saturated carbocycles. The van der Waals surface area contributed by atoms with E-state index in [1.54, 1.807) is 11.8 Å². The molecule has 2 heterocycles. The largest absolute Gasteiger partial charge is 0.373 e. The third-order valence-electron chi connectivity index (χ3n) is 3.44. The van der Waals surface area contributed by atoms with Crippen molar-refractivity contribution in [1.29, 1.82) is 0 Å². The summed E-state index contributed by atoms with van der Waals surface area (Å²) in [4.78, 5) is 11.4. The summed E-state index contributed by atoms with van der Waals surface area (Å²) in [6, 6.07) is 2.05. The van der Waals surface area contributed by atoms with Gasteiger partial charge in [0.05, 0.1) is 0 Å². The maximum atomic E-state index is 4.61. The summed E-state index contributed by atoms with van der Waals surface area (Å²) in [7, 11) is 1.90. The molecular formula is C13H22N4S. The van der Waals surface area contributed by atoms with Gasteiger partial charge < -0.3 is 10.2 Å². The minimum atomic E-state index is 0.834. The van der Waals surface area contributed by atoms with E-state index in [1.165, 1.54) is 19.3 Å². The monoisotopic (exact) mass is 266 g/mol. The molecule has 1 aromatic heterocycles. The molecule has 1 N–H and O–H groups in total. The lowest BCUT2D eigenvalue weighted by Crippen LogP contribution is -2.21. The molecule has 0 amide bonds. The van der Waals surface area contributed by atoms with Gasteiger partial charge in [0.2, 0.25) is 0 Å². The van der Waals surface area contributed by atoms with Crippen LogP contribution in [0.25, 0.3) is 0 Å². The number of nitrogens with zero attached hydrogens (tertiary/aromatic N) is 3. The van der Waals surface area contributed by atoms with Crippen molar-refractivity contribution in [2.75, 3.05) is 36.6 Å². The van der Waals surface area contributed by atoms with Crippen LogP contribution in [-0.2, 0) is 0 Å². The maximum Gasteiger partial charge on any atom is 0.191 e. The molecule has 0 bridgehead atoms. The SMILES string of the molecule is CCCC1CCN(c2cc(NC)nc(SC)n2)C1. The van der Waals surface area contributed by atoms with E-state index in [1.807, 2.05) is 19.4 Å². The van der Waals surface area contributed by atoms with Gasteiger partial charge in [0.25, 0.3) is 0 Å². The zero-order valence-corrected chi connectivity index (χ0v) is 12.3. The van der Waals surface area contributed by atoms with Crippen LogP contribution in [0.4, 0.5) is 11.6 Å². The summed E-state index contributed by atoms with van der Waals surface area (Å²) in [5.41, 5.74) is 0. The Morgan fingerprint density at radius 2 is 2.33 bits per heavy atom. The second kappa shape index (κ2) is 6.27. The summed E-state index contributed by atoms with van der Waals surface area (Å²) in [5, 5.41) is 3.95. The molecule has 1 saturated heterocycles. The summed E-state index contributed by atoms with van der Waals surface area (Å²) in [6.07, 6.45) is 5.92. The fourth-order valence-electron chi connectivity index (χ4n) is 2.48. The molecule has 100 valence electrons. The number of rotatable bonds is 5. The highest BCUT2D eigenvalue weighted by molar-refractivity contribution is 7.98. The molecular weight excluding hydrogens is 244 g/mol. The van der Waals surface area contributed by atoms with E-state index in [0.717, 1.165) is 35.8 Å². The van der Waals surface area contributed by atoms with Crippen LogP contribution in [0.3, 0.4) is 0 Å². The Bertz CT molecular complexity index is 374. The van der Waals surface area contributed by atoms with Gasteiger partial charge >= 0.3 is 0 Å². The summed E-state index contributed by atoms with van der Waals surface area (Å²) < 4.78 is 0. The molecule has 18 heavy (non-hydrogen) atoms. The first kappa shape index (κ1) is 13.5. The third-order valence-corrected chi connectivity index (χ3v) is 3.99. The Hall–Kier alpha value is -0.970. The van der Waals surface area contributed by atoms with Crippen LogP contribution in [0.5, 0.6) is 0 Å². The summed E-state index contributed by atoms with van der Waals surface area (Å²) in [6.45, 7) is 4.53. The highest BCUT2D eigenvalue weighted by Gasteiger charge is 2.23. The first-order valence-corrected chi connectivity index (χ1v) is 7.85. The molecule has 4 nitrogen and oxygen atoms in total. The first-order chi connectivity index (χ1) is 8.76. The number of hydrogen-bond donors (Lipinski definition) is 1. The van der Waals surface area contributed by atoms with Crippen molar-refractivity contribution in [1.82, 2.24) is 9.97 Å². The van der Waals surface area contributed by atoms with Gasteiger partial charge in [-0.25, -0.2) is 9.97 Å². The number of aromatic nitrogens is 2. The molecule has 2 rings (SSSR count). The Balaban J connectivity index is 2.13.